The summed E-state index contributed by atoms with van der Waals surface area (Å²) < 4.78 is 12.5. The second-order valence-corrected chi connectivity index (χ2v) is 6.88. The van der Waals surface area contributed by atoms with Crippen molar-refractivity contribution in [2.75, 3.05) is 34.9 Å². The molecule has 0 spiro atoms. The van der Waals surface area contributed by atoms with E-state index >= 15 is 0 Å². The molecule has 30 heavy (non-hydrogen) atoms. The average molecular weight is 408 g/mol. The van der Waals surface area contributed by atoms with Crippen molar-refractivity contribution in [3.8, 4) is 17.2 Å². The molecule has 7 heteroatoms. The van der Waals surface area contributed by atoms with E-state index in [4.69, 9.17) is 9.47 Å². The van der Waals surface area contributed by atoms with Gasteiger partial charge in [-0.25, -0.2) is 4.68 Å². The topological polar surface area (TPSA) is 63.9 Å². The first-order valence-electron chi connectivity index (χ1n) is 9.86. The minimum atomic E-state index is 0.701. The Hall–Kier alpha value is -3.48. The Morgan fingerprint density at radius 1 is 1.07 bits per heavy atom. The summed E-state index contributed by atoms with van der Waals surface area (Å²) in [6.07, 6.45) is 4.58. The highest BCUT2D eigenvalue weighted by atomic mass is 16.5. The molecule has 7 nitrogen and oxygen atoms in total. The number of nitrogens with one attached hydrogen (secondary N) is 1. The molecule has 0 bridgehead atoms. The molecule has 0 aliphatic heterocycles. The highest BCUT2D eigenvalue weighted by molar-refractivity contribution is 5.79. The third kappa shape index (κ3) is 5.31. The third-order valence-electron chi connectivity index (χ3n) is 4.91. The van der Waals surface area contributed by atoms with Gasteiger partial charge in [-0.05, 0) is 47.9 Å². The molecule has 0 atom stereocenters. The predicted molar refractivity (Wildman–Crippen MR) is 120 cm³/mol. The largest absolute Gasteiger partial charge is 0.493 e. The first-order valence-corrected chi connectivity index (χ1v) is 9.86. The van der Waals surface area contributed by atoms with Crippen LogP contribution in [0.2, 0.25) is 0 Å². The fraction of sp³-hybridized carbons (Fsp3) is 0.304. The molecule has 158 valence electrons. The molecule has 0 unspecified atom stereocenters. The van der Waals surface area contributed by atoms with E-state index in [0.29, 0.717) is 6.54 Å². The monoisotopic (exact) mass is 407 g/mol. The van der Waals surface area contributed by atoms with Crippen molar-refractivity contribution in [2.45, 2.75) is 13.0 Å². The number of benzene rings is 2. The smallest absolute Gasteiger partial charge is 0.193 e. The maximum absolute atomic E-state index is 5.39. The molecule has 0 radical (unpaired) electrons. The Labute approximate surface area is 178 Å². The molecule has 1 aromatic heterocycles. The van der Waals surface area contributed by atoms with Gasteiger partial charge in [0.15, 0.2) is 17.5 Å². The van der Waals surface area contributed by atoms with Gasteiger partial charge in [-0.15, -0.1) is 0 Å². The third-order valence-corrected chi connectivity index (χ3v) is 4.91. The summed E-state index contributed by atoms with van der Waals surface area (Å²) >= 11 is 0. The van der Waals surface area contributed by atoms with E-state index in [9.17, 15) is 0 Å². The zero-order valence-corrected chi connectivity index (χ0v) is 18.0. The van der Waals surface area contributed by atoms with Crippen molar-refractivity contribution in [1.29, 1.82) is 0 Å². The lowest BCUT2D eigenvalue weighted by Crippen LogP contribution is -2.39. The van der Waals surface area contributed by atoms with Gasteiger partial charge in [0.1, 0.15) is 0 Å². The molecule has 3 aromatic rings. The summed E-state index contributed by atoms with van der Waals surface area (Å²) in [6, 6.07) is 16.3. The first-order chi connectivity index (χ1) is 14.6. The van der Waals surface area contributed by atoms with Gasteiger partial charge in [-0.2, -0.15) is 5.10 Å². The molecule has 2 aromatic carbocycles. The van der Waals surface area contributed by atoms with Crippen LogP contribution in [0.1, 0.15) is 11.1 Å². The van der Waals surface area contributed by atoms with Gasteiger partial charge in [0.2, 0.25) is 0 Å². The summed E-state index contributed by atoms with van der Waals surface area (Å²) in [4.78, 5) is 6.53. The zero-order valence-electron chi connectivity index (χ0n) is 18.0. The van der Waals surface area contributed by atoms with Crippen LogP contribution < -0.4 is 14.8 Å². The second kappa shape index (κ2) is 10.3. The Bertz CT molecular complexity index is 952. The van der Waals surface area contributed by atoms with Gasteiger partial charge in [-0.3, -0.25) is 4.99 Å². The van der Waals surface area contributed by atoms with E-state index in [2.05, 4.69) is 50.6 Å². The van der Waals surface area contributed by atoms with Gasteiger partial charge in [0, 0.05) is 39.6 Å². The summed E-state index contributed by atoms with van der Waals surface area (Å²) in [5.41, 5.74) is 3.41. The minimum Gasteiger partial charge on any atom is -0.493 e. The van der Waals surface area contributed by atoms with Gasteiger partial charge in [0.05, 0.1) is 19.9 Å². The van der Waals surface area contributed by atoms with Crippen molar-refractivity contribution < 1.29 is 9.47 Å². The Morgan fingerprint density at radius 3 is 2.43 bits per heavy atom. The van der Waals surface area contributed by atoms with Gasteiger partial charge < -0.3 is 19.7 Å². The Balaban J connectivity index is 1.53. The number of guanidine groups is 1. The number of hydrogen-bond acceptors (Lipinski definition) is 4. The highest BCUT2D eigenvalue weighted by Gasteiger charge is 2.09. The van der Waals surface area contributed by atoms with E-state index in [-0.39, 0.29) is 0 Å². The predicted octanol–water partition coefficient (Wildman–Crippen LogP) is 3.14. The fourth-order valence-corrected chi connectivity index (χ4v) is 3.19. The molecular formula is C23H29N5O2. The number of rotatable bonds is 8. The second-order valence-electron chi connectivity index (χ2n) is 6.88. The van der Waals surface area contributed by atoms with E-state index < -0.39 is 0 Å². The Kier molecular flexibility index (Phi) is 7.32. The first kappa shape index (κ1) is 21.2. The number of methoxy groups -OCH3 is 2. The van der Waals surface area contributed by atoms with Crippen LogP contribution in [0.25, 0.3) is 5.69 Å². The standard InChI is InChI=1S/C23H29N5O2/c1-24-23(25-17-19-6-9-20(10-7-19)28-14-5-13-26-28)27(2)15-12-18-8-11-21(29-3)22(16-18)30-4/h5-11,13-14,16H,12,15,17H2,1-4H3,(H,24,25). The highest BCUT2D eigenvalue weighted by Crippen LogP contribution is 2.27. The van der Waals surface area contributed by atoms with E-state index in [1.807, 2.05) is 36.1 Å². The van der Waals surface area contributed by atoms with E-state index in [1.165, 1.54) is 11.1 Å². The lowest BCUT2D eigenvalue weighted by molar-refractivity contribution is 0.354. The SMILES string of the molecule is CN=C(NCc1ccc(-n2cccn2)cc1)N(C)CCc1ccc(OC)c(OC)c1. The number of ether oxygens (including phenoxy) is 2. The number of hydrogen-bond donors (Lipinski definition) is 1. The van der Waals surface area contributed by atoms with Crippen LogP contribution in [-0.2, 0) is 13.0 Å². The van der Waals surface area contributed by atoms with Crippen LogP contribution in [-0.4, -0.2) is 55.5 Å². The lowest BCUT2D eigenvalue weighted by atomic mass is 10.1. The molecule has 0 saturated heterocycles. The van der Waals surface area contributed by atoms with Crippen LogP contribution in [0.5, 0.6) is 11.5 Å². The number of nitrogens with zero attached hydrogens (tertiary/aromatic N) is 4. The summed E-state index contributed by atoms with van der Waals surface area (Å²) in [5.74, 6) is 2.34. The van der Waals surface area contributed by atoms with Crippen molar-refractivity contribution in [3.63, 3.8) is 0 Å². The maximum Gasteiger partial charge on any atom is 0.193 e. The number of aromatic nitrogens is 2. The van der Waals surface area contributed by atoms with Gasteiger partial charge >= 0.3 is 0 Å². The van der Waals surface area contributed by atoms with Crippen LogP contribution >= 0.6 is 0 Å². The average Bonchev–Trinajstić information content (AvgIpc) is 3.33. The van der Waals surface area contributed by atoms with Crippen molar-refractivity contribution in [1.82, 2.24) is 20.0 Å². The van der Waals surface area contributed by atoms with Crippen molar-refractivity contribution in [2.24, 2.45) is 4.99 Å². The number of likely N-dealkylation sites (N-methyl/N-ethyl adjacent to an activating group) is 1. The van der Waals surface area contributed by atoms with E-state index in [0.717, 1.165) is 36.1 Å². The molecule has 0 saturated carbocycles. The Morgan fingerprint density at radius 2 is 1.80 bits per heavy atom. The van der Waals surface area contributed by atoms with Crippen molar-refractivity contribution >= 4 is 5.96 Å². The van der Waals surface area contributed by atoms with E-state index in [1.54, 1.807) is 27.5 Å². The normalized spacial score (nSPS) is 11.3. The van der Waals surface area contributed by atoms with Crippen LogP contribution in [0.15, 0.2) is 65.9 Å². The molecular weight excluding hydrogens is 378 g/mol. The van der Waals surface area contributed by atoms with Gasteiger partial charge in [0.25, 0.3) is 0 Å². The van der Waals surface area contributed by atoms with Crippen LogP contribution in [0.4, 0.5) is 0 Å². The molecule has 3 rings (SSSR count). The minimum absolute atomic E-state index is 0.701. The van der Waals surface area contributed by atoms with Crippen molar-refractivity contribution in [3.05, 3.63) is 72.1 Å². The fourth-order valence-electron chi connectivity index (χ4n) is 3.19. The molecule has 0 aliphatic carbocycles. The lowest BCUT2D eigenvalue weighted by Gasteiger charge is -2.22. The summed E-state index contributed by atoms with van der Waals surface area (Å²) in [6.45, 7) is 1.53. The maximum atomic E-state index is 5.39. The number of aliphatic imine (C=N–C) groups is 1. The van der Waals surface area contributed by atoms with Gasteiger partial charge in [-0.1, -0.05) is 18.2 Å². The summed E-state index contributed by atoms with van der Waals surface area (Å²) in [7, 11) is 7.14. The van der Waals surface area contributed by atoms with Crippen LogP contribution in [0.3, 0.4) is 0 Å². The van der Waals surface area contributed by atoms with Crippen LogP contribution in [0, 0.1) is 0 Å². The molecule has 0 fully saturated rings. The zero-order chi connectivity index (χ0) is 21.3. The quantitative estimate of drug-likeness (QED) is 0.459. The summed E-state index contributed by atoms with van der Waals surface area (Å²) in [5, 5.41) is 7.68. The molecule has 1 N–H and O–H groups in total. The molecule has 0 amide bonds. The molecule has 0 aliphatic rings. The molecule has 1 heterocycles.